The summed E-state index contributed by atoms with van der Waals surface area (Å²) in [7, 11) is 1.68. The van der Waals surface area contributed by atoms with Gasteiger partial charge in [-0.25, -0.2) is 15.0 Å². The van der Waals surface area contributed by atoms with Crippen molar-refractivity contribution in [1.82, 2.24) is 19.9 Å². The highest BCUT2D eigenvalue weighted by Crippen LogP contribution is 2.35. The van der Waals surface area contributed by atoms with E-state index < -0.39 is 0 Å². The first-order valence-electron chi connectivity index (χ1n) is 10.9. The molecule has 4 heterocycles. The zero-order valence-electron chi connectivity index (χ0n) is 18.8. The largest absolute Gasteiger partial charge is 0.497 e. The van der Waals surface area contributed by atoms with E-state index >= 15 is 0 Å². The number of hydrogen-bond acceptors (Lipinski definition) is 7. The molecule has 1 aliphatic heterocycles. The second kappa shape index (κ2) is 8.27. The number of benzene rings is 1. The molecule has 166 valence electrons. The van der Waals surface area contributed by atoms with E-state index in [9.17, 15) is 0 Å². The van der Waals surface area contributed by atoms with Gasteiger partial charge in [0.05, 0.1) is 25.6 Å². The Morgan fingerprint density at radius 3 is 2.81 bits per heavy atom. The Morgan fingerprint density at radius 1 is 1.19 bits per heavy atom. The van der Waals surface area contributed by atoms with E-state index in [2.05, 4.69) is 45.8 Å². The van der Waals surface area contributed by atoms with Crippen molar-refractivity contribution in [3.05, 3.63) is 42.4 Å². The molecule has 1 N–H and O–H groups in total. The van der Waals surface area contributed by atoms with Crippen molar-refractivity contribution < 1.29 is 13.9 Å². The number of hydrogen-bond donors (Lipinski definition) is 1. The number of aromatic amines is 1. The van der Waals surface area contributed by atoms with Gasteiger partial charge in [-0.15, -0.1) is 0 Å². The number of furan rings is 1. The standard InChI is InChI=1S/C24H27N5O3/c1-14(2)31-18-7-8-29(12-18)17-9-16(10-19(11-17)30-4)21-22-24(26-13-25-22)28-23(27-21)20-6-5-15(3)32-20/h5-6,9-11,13-14,18H,7-8,12H2,1-4H3,(H,25,26,27,28)/t18-/m0/s1. The Balaban J connectivity index is 1.57. The number of fused-ring (bicyclic) bond motifs is 1. The first-order chi connectivity index (χ1) is 15.5. The first kappa shape index (κ1) is 20.5. The minimum absolute atomic E-state index is 0.221. The molecule has 0 amide bonds. The van der Waals surface area contributed by atoms with Crippen LogP contribution in [-0.4, -0.2) is 52.3 Å². The van der Waals surface area contributed by atoms with Gasteiger partial charge >= 0.3 is 0 Å². The van der Waals surface area contributed by atoms with E-state index in [0.717, 1.165) is 53.5 Å². The van der Waals surface area contributed by atoms with Crippen LogP contribution in [0.2, 0.25) is 0 Å². The SMILES string of the molecule is COc1cc(-c2nc(-c3ccc(C)o3)nc3nc[nH]c23)cc(N2CC[C@H](OC(C)C)C2)c1. The monoisotopic (exact) mass is 433 g/mol. The van der Waals surface area contributed by atoms with Gasteiger partial charge in [0.25, 0.3) is 0 Å². The van der Waals surface area contributed by atoms with E-state index in [-0.39, 0.29) is 12.2 Å². The number of aromatic nitrogens is 4. The van der Waals surface area contributed by atoms with Gasteiger partial charge in [-0.2, -0.15) is 0 Å². The Labute approximate surface area is 186 Å². The van der Waals surface area contributed by atoms with E-state index in [1.165, 1.54) is 0 Å². The average Bonchev–Trinajstić information content (AvgIpc) is 3.53. The molecule has 5 rings (SSSR count). The van der Waals surface area contributed by atoms with Gasteiger partial charge in [-0.1, -0.05) is 0 Å². The van der Waals surface area contributed by atoms with Crippen molar-refractivity contribution in [2.45, 2.75) is 39.4 Å². The van der Waals surface area contributed by atoms with Crippen molar-refractivity contribution in [2.75, 3.05) is 25.1 Å². The highest BCUT2D eigenvalue weighted by Gasteiger charge is 2.25. The fourth-order valence-electron chi connectivity index (χ4n) is 4.19. The van der Waals surface area contributed by atoms with Crippen LogP contribution in [0.3, 0.4) is 0 Å². The number of rotatable bonds is 6. The van der Waals surface area contributed by atoms with Crippen molar-refractivity contribution >= 4 is 16.9 Å². The second-order valence-electron chi connectivity index (χ2n) is 8.37. The Kier molecular flexibility index (Phi) is 5.30. The zero-order chi connectivity index (χ0) is 22.2. The Morgan fingerprint density at radius 2 is 2.06 bits per heavy atom. The van der Waals surface area contributed by atoms with Gasteiger partial charge in [0.1, 0.15) is 22.7 Å². The lowest BCUT2D eigenvalue weighted by molar-refractivity contribution is 0.0210. The van der Waals surface area contributed by atoms with Crippen LogP contribution in [-0.2, 0) is 4.74 Å². The van der Waals surface area contributed by atoms with Crippen molar-refractivity contribution in [2.24, 2.45) is 0 Å². The first-order valence-corrected chi connectivity index (χ1v) is 10.9. The van der Waals surface area contributed by atoms with E-state index in [1.54, 1.807) is 13.4 Å². The van der Waals surface area contributed by atoms with Gasteiger partial charge < -0.3 is 23.8 Å². The molecule has 1 fully saturated rings. The summed E-state index contributed by atoms with van der Waals surface area (Å²) in [6.45, 7) is 7.84. The molecular formula is C24H27N5O3. The lowest BCUT2D eigenvalue weighted by atomic mass is 10.1. The fraction of sp³-hybridized carbons (Fsp3) is 0.375. The van der Waals surface area contributed by atoms with Crippen LogP contribution < -0.4 is 9.64 Å². The number of methoxy groups -OCH3 is 1. The third-order valence-electron chi connectivity index (χ3n) is 5.62. The number of ether oxygens (including phenoxy) is 2. The highest BCUT2D eigenvalue weighted by molar-refractivity contribution is 5.89. The predicted molar refractivity (Wildman–Crippen MR) is 123 cm³/mol. The molecule has 32 heavy (non-hydrogen) atoms. The molecule has 1 aliphatic rings. The van der Waals surface area contributed by atoms with Crippen LogP contribution in [0.15, 0.2) is 41.1 Å². The maximum absolute atomic E-state index is 6.03. The molecule has 0 radical (unpaired) electrons. The average molecular weight is 434 g/mol. The summed E-state index contributed by atoms with van der Waals surface area (Å²) in [6.07, 6.45) is 3.09. The molecule has 4 aromatic rings. The van der Waals surface area contributed by atoms with Crippen LogP contribution in [0.4, 0.5) is 5.69 Å². The van der Waals surface area contributed by atoms with Crippen LogP contribution >= 0.6 is 0 Å². The summed E-state index contributed by atoms with van der Waals surface area (Å²) < 4.78 is 17.4. The second-order valence-corrected chi connectivity index (χ2v) is 8.37. The van der Waals surface area contributed by atoms with Crippen molar-refractivity contribution in [3.63, 3.8) is 0 Å². The smallest absolute Gasteiger partial charge is 0.198 e. The van der Waals surface area contributed by atoms with E-state index in [1.807, 2.05) is 25.1 Å². The van der Waals surface area contributed by atoms with Crippen LogP contribution in [0.25, 0.3) is 34.0 Å². The maximum Gasteiger partial charge on any atom is 0.198 e. The van der Waals surface area contributed by atoms with Crippen molar-refractivity contribution in [3.8, 4) is 28.6 Å². The molecule has 8 heteroatoms. The molecule has 0 saturated carbocycles. The van der Waals surface area contributed by atoms with Crippen molar-refractivity contribution in [1.29, 1.82) is 0 Å². The van der Waals surface area contributed by atoms with Gasteiger partial charge in [-0.05, 0) is 51.5 Å². The number of H-pyrrole nitrogens is 1. The lowest BCUT2D eigenvalue weighted by Crippen LogP contribution is -2.24. The Bertz CT molecular complexity index is 1250. The molecular weight excluding hydrogens is 406 g/mol. The van der Waals surface area contributed by atoms with Gasteiger partial charge in [-0.3, -0.25) is 0 Å². The molecule has 8 nitrogen and oxygen atoms in total. The summed E-state index contributed by atoms with van der Waals surface area (Å²) in [6, 6.07) is 9.97. The minimum atomic E-state index is 0.221. The van der Waals surface area contributed by atoms with Gasteiger partial charge in [0.15, 0.2) is 17.2 Å². The highest BCUT2D eigenvalue weighted by atomic mass is 16.5. The molecule has 0 aliphatic carbocycles. The minimum Gasteiger partial charge on any atom is -0.497 e. The fourth-order valence-corrected chi connectivity index (χ4v) is 4.19. The molecule has 0 unspecified atom stereocenters. The Hall–Kier alpha value is -3.39. The number of anilines is 1. The van der Waals surface area contributed by atoms with Gasteiger partial charge in [0, 0.05) is 30.4 Å². The zero-order valence-corrected chi connectivity index (χ0v) is 18.8. The van der Waals surface area contributed by atoms with Crippen LogP contribution in [0, 0.1) is 6.92 Å². The number of nitrogens with one attached hydrogen (secondary N) is 1. The van der Waals surface area contributed by atoms with E-state index in [0.29, 0.717) is 17.2 Å². The number of imidazole rings is 1. The maximum atomic E-state index is 6.03. The lowest BCUT2D eigenvalue weighted by Gasteiger charge is -2.21. The van der Waals surface area contributed by atoms with Crippen LogP contribution in [0.1, 0.15) is 26.0 Å². The van der Waals surface area contributed by atoms with Gasteiger partial charge in [0.2, 0.25) is 0 Å². The molecule has 1 aromatic carbocycles. The molecule has 3 aromatic heterocycles. The summed E-state index contributed by atoms with van der Waals surface area (Å²) in [5.41, 5.74) is 4.13. The summed E-state index contributed by atoms with van der Waals surface area (Å²) >= 11 is 0. The third kappa shape index (κ3) is 3.93. The summed E-state index contributed by atoms with van der Waals surface area (Å²) in [4.78, 5) is 19.3. The molecule has 1 atom stereocenters. The molecule has 0 bridgehead atoms. The predicted octanol–water partition coefficient (Wildman–Crippen LogP) is 4.60. The quantitative estimate of drug-likeness (QED) is 0.475. The number of aryl methyl sites for hydroxylation is 1. The molecule has 1 saturated heterocycles. The summed E-state index contributed by atoms with van der Waals surface area (Å²) in [5.74, 6) is 2.70. The summed E-state index contributed by atoms with van der Waals surface area (Å²) in [5, 5.41) is 0. The molecule has 0 spiro atoms. The number of nitrogens with zero attached hydrogens (tertiary/aromatic N) is 4. The third-order valence-corrected chi connectivity index (χ3v) is 5.62. The van der Waals surface area contributed by atoms with E-state index in [4.69, 9.17) is 18.9 Å². The van der Waals surface area contributed by atoms with Crippen LogP contribution in [0.5, 0.6) is 5.75 Å². The normalized spacial score (nSPS) is 16.4. The topological polar surface area (TPSA) is 89.3 Å².